The topological polar surface area (TPSA) is 60.4 Å². The normalized spacial score (nSPS) is 13.2. The lowest BCUT2D eigenvalue weighted by Gasteiger charge is -2.09. The summed E-state index contributed by atoms with van der Waals surface area (Å²) in [5.74, 6) is -1.34. The fourth-order valence-corrected chi connectivity index (χ4v) is 1.54. The smallest absolute Gasteiger partial charge is 0.329 e. The van der Waals surface area contributed by atoms with Crippen molar-refractivity contribution in [3.05, 3.63) is 35.9 Å². The molecule has 0 bridgehead atoms. The second kappa shape index (κ2) is 4.44. The Balaban J connectivity index is 2.78. The van der Waals surface area contributed by atoms with Crippen LogP contribution in [-0.2, 0) is 19.1 Å². The Labute approximate surface area is 89.0 Å². The van der Waals surface area contributed by atoms with Crippen LogP contribution < -0.4 is 0 Å². The van der Waals surface area contributed by atoms with Gasteiger partial charge in [0.25, 0.3) is 0 Å². The van der Waals surface area contributed by atoms with Crippen LogP contribution >= 0.6 is 0 Å². The first-order chi connectivity index (χ1) is 6.90. The van der Waals surface area contributed by atoms with Crippen molar-refractivity contribution in [2.24, 2.45) is 0 Å². The molecule has 0 amide bonds. The van der Waals surface area contributed by atoms with Crippen molar-refractivity contribution < 1.29 is 17.4 Å². The highest BCUT2D eigenvalue weighted by molar-refractivity contribution is 7.86. The van der Waals surface area contributed by atoms with Crippen molar-refractivity contribution >= 4 is 16.1 Å². The summed E-state index contributed by atoms with van der Waals surface area (Å²) in [6.45, 7) is 1.60. The standard InChI is InChI=1S/C10H12O4S/c1-8(9-6-4-3-5-7-9)10(11)14-15(2,12)13/h3-8H,1-2H3. The minimum Gasteiger partial charge on any atom is -0.345 e. The van der Waals surface area contributed by atoms with E-state index in [2.05, 4.69) is 4.18 Å². The summed E-state index contributed by atoms with van der Waals surface area (Å²) >= 11 is 0. The first kappa shape index (κ1) is 11.7. The fraction of sp³-hybridized carbons (Fsp3) is 0.300. The molecule has 0 spiro atoms. The second-order valence-corrected chi connectivity index (χ2v) is 4.81. The van der Waals surface area contributed by atoms with E-state index in [1.807, 2.05) is 6.07 Å². The van der Waals surface area contributed by atoms with Gasteiger partial charge in [0.2, 0.25) is 0 Å². The van der Waals surface area contributed by atoms with Crippen LogP contribution in [-0.4, -0.2) is 20.6 Å². The number of benzene rings is 1. The number of carbonyl (C=O) groups is 1. The molecule has 1 atom stereocenters. The van der Waals surface area contributed by atoms with Crippen LogP contribution in [0.1, 0.15) is 18.4 Å². The number of rotatable bonds is 3. The highest BCUT2D eigenvalue weighted by Gasteiger charge is 2.20. The predicted molar refractivity (Wildman–Crippen MR) is 55.8 cm³/mol. The van der Waals surface area contributed by atoms with E-state index < -0.39 is 22.0 Å². The molecule has 0 aromatic heterocycles. The highest BCUT2D eigenvalue weighted by Crippen LogP contribution is 2.16. The molecule has 15 heavy (non-hydrogen) atoms. The van der Waals surface area contributed by atoms with Gasteiger partial charge in [-0.1, -0.05) is 30.3 Å². The van der Waals surface area contributed by atoms with Crippen molar-refractivity contribution in [2.45, 2.75) is 12.8 Å². The quantitative estimate of drug-likeness (QED) is 0.731. The van der Waals surface area contributed by atoms with Crippen molar-refractivity contribution in [3.8, 4) is 0 Å². The Morgan fingerprint density at radius 1 is 1.27 bits per heavy atom. The first-order valence-corrected chi connectivity index (χ1v) is 6.20. The Morgan fingerprint density at radius 3 is 2.27 bits per heavy atom. The molecule has 0 radical (unpaired) electrons. The van der Waals surface area contributed by atoms with Crippen LogP contribution in [0.2, 0.25) is 0 Å². The molecule has 82 valence electrons. The van der Waals surface area contributed by atoms with E-state index in [1.165, 1.54) is 0 Å². The summed E-state index contributed by atoms with van der Waals surface area (Å²) in [6, 6.07) is 8.86. The lowest BCUT2D eigenvalue weighted by atomic mass is 10.0. The molecule has 0 heterocycles. The van der Waals surface area contributed by atoms with E-state index in [-0.39, 0.29) is 0 Å². The molecule has 0 N–H and O–H groups in total. The van der Waals surface area contributed by atoms with Crippen LogP contribution in [0.5, 0.6) is 0 Å². The molecule has 0 saturated carbocycles. The second-order valence-electron chi connectivity index (χ2n) is 3.24. The van der Waals surface area contributed by atoms with E-state index in [0.717, 1.165) is 11.8 Å². The molecule has 5 heteroatoms. The van der Waals surface area contributed by atoms with Gasteiger partial charge in [-0.3, -0.25) is 4.79 Å². The van der Waals surface area contributed by atoms with Crippen LogP contribution in [0, 0.1) is 0 Å². The molecule has 0 fully saturated rings. The van der Waals surface area contributed by atoms with Crippen molar-refractivity contribution in [2.75, 3.05) is 6.26 Å². The van der Waals surface area contributed by atoms with Gasteiger partial charge in [-0.2, -0.15) is 8.42 Å². The third-order valence-electron chi connectivity index (χ3n) is 1.89. The van der Waals surface area contributed by atoms with E-state index in [1.54, 1.807) is 31.2 Å². The van der Waals surface area contributed by atoms with E-state index in [0.29, 0.717) is 0 Å². The van der Waals surface area contributed by atoms with Crippen LogP contribution in [0.4, 0.5) is 0 Å². The van der Waals surface area contributed by atoms with Gasteiger partial charge in [-0.05, 0) is 12.5 Å². The number of carbonyl (C=O) groups excluding carboxylic acids is 1. The maximum atomic E-state index is 11.4. The maximum absolute atomic E-state index is 11.4. The molecule has 4 nitrogen and oxygen atoms in total. The SMILES string of the molecule is CC(C(=O)OS(C)(=O)=O)c1ccccc1. The van der Waals surface area contributed by atoms with Gasteiger partial charge >= 0.3 is 16.1 Å². The summed E-state index contributed by atoms with van der Waals surface area (Å²) in [5, 5.41) is 0. The number of hydrogen-bond acceptors (Lipinski definition) is 4. The maximum Gasteiger partial charge on any atom is 0.329 e. The Kier molecular flexibility index (Phi) is 3.47. The third-order valence-corrected chi connectivity index (χ3v) is 2.35. The zero-order valence-electron chi connectivity index (χ0n) is 8.51. The molecule has 1 rings (SSSR count). The zero-order chi connectivity index (χ0) is 11.5. The van der Waals surface area contributed by atoms with Gasteiger partial charge in [-0.15, -0.1) is 0 Å². The zero-order valence-corrected chi connectivity index (χ0v) is 9.32. The molecule has 0 aliphatic heterocycles. The van der Waals surface area contributed by atoms with Gasteiger partial charge in [0.1, 0.15) is 0 Å². The summed E-state index contributed by atoms with van der Waals surface area (Å²) in [6.07, 6.45) is 0.850. The molecular formula is C10H12O4S. The molecule has 0 aliphatic rings. The van der Waals surface area contributed by atoms with E-state index in [4.69, 9.17) is 0 Å². The molecule has 1 aromatic carbocycles. The molecule has 0 saturated heterocycles. The Bertz CT molecular complexity index is 436. The van der Waals surface area contributed by atoms with Gasteiger partial charge in [0.15, 0.2) is 0 Å². The predicted octanol–water partition coefficient (Wildman–Crippen LogP) is 1.29. The van der Waals surface area contributed by atoms with E-state index in [9.17, 15) is 13.2 Å². The minimum atomic E-state index is -3.73. The van der Waals surface area contributed by atoms with Crippen LogP contribution in [0.3, 0.4) is 0 Å². The van der Waals surface area contributed by atoms with Crippen molar-refractivity contribution in [3.63, 3.8) is 0 Å². The lowest BCUT2D eigenvalue weighted by Crippen LogP contribution is -2.17. The van der Waals surface area contributed by atoms with Gasteiger partial charge in [0.05, 0.1) is 12.2 Å². The molecule has 1 aromatic rings. The van der Waals surface area contributed by atoms with Crippen LogP contribution in [0.15, 0.2) is 30.3 Å². The average molecular weight is 228 g/mol. The molecule has 0 aliphatic carbocycles. The van der Waals surface area contributed by atoms with Crippen LogP contribution in [0.25, 0.3) is 0 Å². The van der Waals surface area contributed by atoms with Crippen molar-refractivity contribution in [1.29, 1.82) is 0 Å². The van der Waals surface area contributed by atoms with Gasteiger partial charge < -0.3 is 4.18 Å². The molecule has 1 unspecified atom stereocenters. The molecular weight excluding hydrogens is 216 g/mol. The first-order valence-electron chi connectivity index (χ1n) is 4.38. The largest absolute Gasteiger partial charge is 0.345 e. The summed E-state index contributed by atoms with van der Waals surface area (Å²) in [5.41, 5.74) is 0.728. The summed E-state index contributed by atoms with van der Waals surface area (Å²) in [7, 11) is -3.73. The highest BCUT2D eigenvalue weighted by atomic mass is 32.2. The van der Waals surface area contributed by atoms with Gasteiger partial charge in [-0.25, -0.2) is 0 Å². The monoisotopic (exact) mass is 228 g/mol. The Hall–Kier alpha value is -1.36. The lowest BCUT2D eigenvalue weighted by molar-refractivity contribution is -0.135. The third kappa shape index (κ3) is 3.71. The van der Waals surface area contributed by atoms with Crippen molar-refractivity contribution in [1.82, 2.24) is 0 Å². The average Bonchev–Trinajstić information content (AvgIpc) is 2.15. The summed E-state index contributed by atoms with van der Waals surface area (Å²) < 4.78 is 25.8. The van der Waals surface area contributed by atoms with E-state index >= 15 is 0 Å². The fourth-order valence-electron chi connectivity index (χ4n) is 1.10. The minimum absolute atomic E-state index is 0.582. The summed E-state index contributed by atoms with van der Waals surface area (Å²) in [4.78, 5) is 11.4. The Morgan fingerprint density at radius 2 is 1.80 bits per heavy atom. The van der Waals surface area contributed by atoms with Gasteiger partial charge in [0, 0.05) is 0 Å². The number of hydrogen-bond donors (Lipinski definition) is 0.